The summed E-state index contributed by atoms with van der Waals surface area (Å²) in [5, 5.41) is 0. The molecule has 1 aliphatic carbocycles. The van der Waals surface area contributed by atoms with E-state index in [1.807, 2.05) is 0 Å². The lowest BCUT2D eigenvalue weighted by Crippen LogP contribution is -2.46. The molecule has 0 atom stereocenters. The molecule has 1 aromatic carbocycles. The molecule has 1 aliphatic rings. The van der Waals surface area contributed by atoms with E-state index in [1.54, 1.807) is 6.07 Å². The van der Waals surface area contributed by atoms with Gasteiger partial charge in [-0.15, -0.1) is 0 Å². The first-order valence-corrected chi connectivity index (χ1v) is 6.57. The van der Waals surface area contributed by atoms with E-state index in [0.717, 1.165) is 30.2 Å². The molecule has 2 nitrogen and oxygen atoms in total. The first-order valence-electron chi connectivity index (χ1n) is 5.77. The Morgan fingerprint density at radius 1 is 1.41 bits per heavy atom. The maximum absolute atomic E-state index is 13.1. The Balaban J connectivity index is 2.15. The largest absolute Gasteiger partial charge is 0.319 e. The van der Waals surface area contributed by atoms with Crippen LogP contribution in [0.3, 0.4) is 0 Å². The molecule has 2 rings (SSSR count). The summed E-state index contributed by atoms with van der Waals surface area (Å²) < 4.78 is 13.9. The number of hydrogen-bond donors (Lipinski definition) is 1. The summed E-state index contributed by atoms with van der Waals surface area (Å²) in [6.07, 6.45) is 3.71. The van der Waals surface area contributed by atoms with E-state index < -0.39 is 5.54 Å². The van der Waals surface area contributed by atoms with Gasteiger partial charge in [-0.3, -0.25) is 4.79 Å². The SMILES string of the molecule is NC1(C(=O)Cc2cc(F)ccc2Br)CCCC1. The Morgan fingerprint density at radius 3 is 2.71 bits per heavy atom. The van der Waals surface area contributed by atoms with Gasteiger partial charge in [-0.25, -0.2) is 4.39 Å². The van der Waals surface area contributed by atoms with Crippen LogP contribution in [0.4, 0.5) is 4.39 Å². The van der Waals surface area contributed by atoms with Crippen LogP contribution in [-0.2, 0) is 11.2 Å². The summed E-state index contributed by atoms with van der Waals surface area (Å²) in [5.41, 5.74) is 6.06. The lowest BCUT2D eigenvalue weighted by molar-refractivity contribution is -0.123. The molecule has 1 aromatic rings. The number of benzene rings is 1. The Morgan fingerprint density at radius 2 is 2.06 bits per heavy atom. The smallest absolute Gasteiger partial charge is 0.157 e. The van der Waals surface area contributed by atoms with Crippen molar-refractivity contribution in [3.05, 3.63) is 34.1 Å². The molecule has 1 fully saturated rings. The minimum absolute atomic E-state index is 0.0151. The predicted octanol–water partition coefficient (Wildman–Crippen LogP) is 2.97. The van der Waals surface area contributed by atoms with E-state index >= 15 is 0 Å². The van der Waals surface area contributed by atoms with Crippen LogP contribution in [0.25, 0.3) is 0 Å². The van der Waals surface area contributed by atoms with Crippen LogP contribution in [0.2, 0.25) is 0 Å². The molecule has 0 aromatic heterocycles. The first kappa shape index (κ1) is 12.7. The Bertz CT molecular complexity index is 441. The van der Waals surface area contributed by atoms with Crippen molar-refractivity contribution >= 4 is 21.7 Å². The third-order valence-corrected chi connectivity index (χ3v) is 4.18. The molecule has 92 valence electrons. The molecule has 17 heavy (non-hydrogen) atoms. The van der Waals surface area contributed by atoms with Crippen molar-refractivity contribution in [2.45, 2.75) is 37.6 Å². The number of carbonyl (C=O) groups is 1. The number of ketones is 1. The van der Waals surface area contributed by atoms with Crippen molar-refractivity contribution in [3.63, 3.8) is 0 Å². The number of Topliss-reactive ketones (excluding diaryl/α,β-unsaturated/α-hetero) is 1. The number of hydrogen-bond acceptors (Lipinski definition) is 2. The van der Waals surface area contributed by atoms with Crippen LogP contribution in [0, 0.1) is 5.82 Å². The van der Waals surface area contributed by atoms with Crippen LogP contribution in [0.15, 0.2) is 22.7 Å². The fraction of sp³-hybridized carbons (Fsp3) is 0.462. The minimum atomic E-state index is -0.689. The summed E-state index contributed by atoms with van der Waals surface area (Å²) in [5.74, 6) is -0.310. The standard InChI is InChI=1S/C13H15BrFNO/c14-11-4-3-10(15)7-9(11)8-12(17)13(16)5-1-2-6-13/h3-4,7H,1-2,5-6,8,16H2. The summed E-state index contributed by atoms with van der Waals surface area (Å²) in [6.45, 7) is 0. The van der Waals surface area contributed by atoms with Gasteiger partial charge in [0.25, 0.3) is 0 Å². The molecule has 0 aliphatic heterocycles. The maximum Gasteiger partial charge on any atom is 0.157 e. The molecule has 0 unspecified atom stereocenters. The quantitative estimate of drug-likeness (QED) is 0.932. The van der Waals surface area contributed by atoms with E-state index in [4.69, 9.17) is 5.73 Å². The molecule has 0 heterocycles. The molecule has 4 heteroatoms. The highest BCUT2D eigenvalue weighted by Crippen LogP contribution is 2.30. The van der Waals surface area contributed by atoms with E-state index in [9.17, 15) is 9.18 Å². The van der Waals surface area contributed by atoms with E-state index in [2.05, 4.69) is 15.9 Å². The van der Waals surface area contributed by atoms with Gasteiger partial charge < -0.3 is 5.73 Å². The molecule has 1 saturated carbocycles. The van der Waals surface area contributed by atoms with Gasteiger partial charge in [-0.1, -0.05) is 28.8 Å². The average Bonchev–Trinajstić information content (AvgIpc) is 2.72. The molecular weight excluding hydrogens is 285 g/mol. The zero-order valence-electron chi connectivity index (χ0n) is 9.51. The van der Waals surface area contributed by atoms with Gasteiger partial charge >= 0.3 is 0 Å². The van der Waals surface area contributed by atoms with Gasteiger partial charge in [0.05, 0.1) is 5.54 Å². The third kappa shape index (κ3) is 2.75. The van der Waals surface area contributed by atoms with E-state index in [-0.39, 0.29) is 18.0 Å². The Labute approximate surface area is 109 Å². The fourth-order valence-electron chi connectivity index (χ4n) is 2.31. The zero-order chi connectivity index (χ0) is 12.5. The lowest BCUT2D eigenvalue weighted by atomic mass is 9.89. The monoisotopic (exact) mass is 299 g/mol. The van der Waals surface area contributed by atoms with Gasteiger partial charge in [0, 0.05) is 10.9 Å². The van der Waals surface area contributed by atoms with Crippen molar-refractivity contribution in [1.82, 2.24) is 0 Å². The van der Waals surface area contributed by atoms with Gasteiger partial charge in [0.1, 0.15) is 5.82 Å². The number of halogens is 2. The molecule has 0 bridgehead atoms. The highest BCUT2D eigenvalue weighted by molar-refractivity contribution is 9.10. The second kappa shape index (κ2) is 4.86. The van der Waals surface area contributed by atoms with Crippen molar-refractivity contribution < 1.29 is 9.18 Å². The Hall–Kier alpha value is -0.740. The summed E-state index contributed by atoms with van der Waals surface area (Å²) in [4.78, 5) is 12.1. The predicted molar refractivity (Wildman–Crippen MR) is 68.2 cm³/mol. The van der Waals surface area contributed by atoms with Gasteiger partial charge in [0.15, 0.2) is 5.78 Å². The van der Waals surface area contributed by atoms with Crippen molar-refractivity contribution in [2.24, 2.45) is 5.73 Å². The highest BCUT2D eigenvalue weighted by atomic mass is 79.9. The molecule has 0 spiro atoms. The normalized spacial score (nSPS) is 18.3. The summed E-state index contributed by atoms with van der Waals surface area (Å²) in [6, 6.07) is 4.38. The van der Waals surface area contributed by atoms with Gasteiger partial charge in [0.2, 0.25) is 0 Å². The number of carbonyl (C=O) groups excluding carboxylic acids is 1. The zero-order valence-corrected chi connectivity index (χ0v) is 11.1. The Kier molecular flexibility index (Phi) is 3.64. The number of rotatable bonds is 3. The molecular formula is C13H15BrFNO. The summed E-state index contributed by atoms with van der Waals surface area (Å²) in [7, 11) is 0. The van der Waals surface area contributed by atoms with E-state index in [0.29, 0.717) is 5.56 Å². The van der Waals surface area contributed by atoms with Crippen molar-refractivity contribution in [1.29, 1.82) is 0 Å². The second-order valence-electron chi connectivity index (χ2n) is 4.70. The number of nitrogens with two attached hydrogens (primary N) is 1. The lowest BCUT2D eigenvalue weighted by Gasteiger charge is -2.21. The van der Waals surface area contributed by atoms with Gasteiger partial charge in [-0.05, 0) is 36.6 Å². The second-order valence-corrected chi connectivity index (χ2v) is 5.55. The van der Waals surface area contributed by atoms with Crippen molar-refractivity contribution in [2.75, 3.05) is 0 Å². The topological polar surface area (TPSA) is 43.1 Å². The summed E-state index contributed by atoms with van der Waals surface area (Å²) >= 11 is 3.33. The van der Waals surface area contributed by atoms with Crippen LogP contribution in [-0.4, -0.2) is 11.3 Å². The average molecular weight is 300 g/mol. The molecule has 0 radical (unpaired) electrons. The third-order valence-electron chi connectivity index (χ3n) is 3.41. The fourth-order valence-corrected chi connectivity index (χ4v) is 2.70. The van der Waals surface area contributed by atoms with Crippen molar-refractivity contribution in [3.8, 4) is 0 Å². The van der Waals surface area contributed by atoms with Crippen LogP contribution in [0.5, 0.6) is 0 Å². The highest BCUT2D eigenvalue weighted by Gasteiger charge is 2.36. The van der Waals surface area contributed by atoms with Crippen LogP contribution < -0.4 is 5.73 Å². The van der Waals surface area contributed by atoms with E-state index in [1.165, 1.54) is 12.1 Å². The first-order chi connectivity index (χ1) is 8.01. The van der Waals surface area contributed by atoms with Crippen LogP contribution in [0.1, 0.15) is 31.2 Å². The molecule has 0 saturated heterocycles. The van der Waals surface area contributed by atoms with Crippen LogP contribution >= 0.6 is 15.9 Å². The maximum atomic E-state index is 13.1. The van der Waals surface area contributed by atoms with Gasteiger partial charge in [-0.2, -0.15) is 0 Å². The molecule has 0 amide bonds. The molecule has 2 N–H and O–H groups in total. The minimum Gasteiger partial charge on any atom is -0.319 e.